The Hall–Kier alpha value is -2.58. The number of sulfonamides is 1. The van der Waals surface area contributed by atoms with E-state index in [2.05, 4.69) is 10.6 Å². The van der Waals surface area contributed by atoms with Crippen LogP contribution in [0.3, 0.4) is 0 Å². The van der Waals surface area contributed by atoms with E-state index >= 15 is 0 Å². The maximum absolute atomic E-state index is 12.3. The lowest BCUT2D eigenvalue weighted by molar-refractivity contribution is 0.247. The second-order valence-electron chi connectivity index (χ2n) is 6.93. The molecule has 0 radical (unpaired) electrons. The lowest BCUT2D eigenvalue weighted by Crippen LogP contribution is -2.37. The molecule has 1 aliphatic rings. The number of hydrogen-bond donors (Lipinski definition) is 2. The van der Waals surface area contributed by atoms with E-state index in [9.17, 15) is 13.2 Å². The fourth-order valence-electron chi connectivity index (χ4n) is 3.26. The molecule has 2 N–H and O–H groups in total. The van der Waals surface area contributed by atoms with Crippen LogP contribution < -0.4 is 15.4 Å². The minimum absolute atomic E-state index is 0.160. The summed E-state index contributed by atoms with van der Waals surface area (Å²) >= 11 is 0. The molecule has 29 heavy (non-hydrogen) atoms. The number of hydrogen-bond acceptors (Lipinski definition) is 4. The largest absolute Gasteiger partial charge is 0.492 e. The van der Waals surface area contributed by atoms with Crippen LogP contribution in [-0.2, 0) is 23.0 Å². The van der Waals surface area contributed by atoms with E-state index in [1.54, 1.807) is 0 Å². The van der Waals surface area contributed by atoms with Gasteiger partial charge in [0.05, 0.1) is 12.3 Å². The molecule has 1 heterocycles. The molecule has 0 aromatic heterocycles. The Morgan fingerprint density at radius 2 is 1.93 bits per heavy atom. The fraction of sp³-hybridized carbons (Fsp3) is 0.381. The molecule has 2 amide bonds. The zero-order chi connectivity index (χ0) is 20.7. The number of para-hydroxylation sites is 1. The van der Waals surface area contributed by atoms with Gasteiger partial charge in [-0.05, 0) is 48.2 Å². The number of carbonyl (C=O) groups excluding carboxylic acids is 1. The van der Waals surface area contributed by atoms with E-state index in [1.165, 1.54) is 4.31 Å². The highest BCUT2D eigenvalue weighted by molar-refractivity contribution is 7.89. The Morgan fingerprint density at radius 1 is 1.14 bits per heavy atom. The summed E-state index contributed by atoms with van der Waals surface area (Å²) in [5.41, 5.74) is 2.69. The molecular weight excluding hydrogens is 390 g/mol. The van der Waals surface area contributed by atoms with E-state index in [0.717, 1.165) is 16.9 Å². The normalized spacial score (nSPS) is 14.1. The predicted molar refractivity (Wildman–Crippen MR) is 114 cm³/mol. The minimum atomic E-state index is -3.23. The molecule has 0 atom stereocenters. The molecule has 0 unspecified atom stereocenters. The predicted octanol–water partition coefficient (Wildman–Crippen LogP) is 2.99. The molecule has 8 heteroatoms. The van der Waals surface area contributed by atoms with Crippen LogP contribution in [0.2, 0.25) is 0 Å². The van der Waals surface area contributed by atoms with Crippen molar-refractivity contribution in [2.75, 3.05) is 30.8 Å². The van der Waals surface area contributed by atoms with Crippen molar-refractivity contribution in [3.05, 3.63) is 59.7 Å². The van der Waals surface area contributed by atoms with Crippen molar-refractivity contribution >= 4 is 21.7 Å². The van der Waals surface area contributed by atoms with E-state index < -0.39 is 10.0 Å². The average Bonchev–Trinajstić information content (AvgIpc) is 2.71. The number of urea groups is 1. The number of fused-ring (bicyclic) bond motifs is 1. The minimum Gasteiger partial charge on any atom is -0.492 e. The Kier molecular flexibility index (Phi) is 7.11. The molecule has 0 saturated carbocycles. The van der Waals surface area contributed by atoms with Gasteiger partial charge in [0, 0.05) is 18.8 Å². The summed E-state index contributed by atoms with van der Waals surface area (Å²) < 4.78 is 31.8. The van der Waals surface area contributed by atoms with E-state index in [-0.39, 0.29) is 11.8 Å². The van der Waals surface area contributed by atoms with E-state index in [1.807, 2.05) is 55.5 Å². The zero-order valence-corrected chi connectivity index (χ0v) is 17.4. The standard InChI is InChI=1S/C21H27N3O4S/c1-2-14-29(26,27)24-12-10-17-8-9-19(15-18(17)16-24)23-21(25)22-11-13-28-20-6-4-3-5-7-20/h3-9,15H,2,10-14,16H2,1H3,(H2,22,23,25). The van der Waals surface area contributed by atoms with E-state index in [0.29, 0.717) is 44.8 Å². The van der Waals surface area contributed by atoms with Crippen LogP contribution in [0.1, 0.15) is 24.5 Å². The van der Waals surface area contributed by atoms with Gasteiger partial charge in [0.15, 0.2) is 0 Å². The summed E-state index contributed by atoms with van der Waals surface area (Å²) in [5, 5.41) is 5.55. The molecule has 2 aromatic carbocycles. The monoisotopic (exact) mass is 417 g/mol. The molecule has 1 aliphatic heterocycles. The Morgan fingerprint density at radius 3 is 2.69 bits per heavy atom. The Balaban J connectivity index is 1.51. The maximum atomic E-state index is 12.3. The highest BCUT2D eigenvalue weighted by Crippen LogP contribution is 2.24. The molecule has 156 valence electrons. The molecule has 3 rings (SSSR count). The molecule has 7 nitrogen and oxygen atoms in total. The van der Waals surface area contributed by atoms with Gasteiger partial charge in [0.1, 0.15) is 12.4 Å². The lowest BCUT2D eigenvalue weighted by atomic mass is 10.0. The number of rotatable bonds is 8. The smallest absolute Gasteiger partial charge is 0.319 e. The van der Waals surface area contributed by atoms with Crippen LogP contribution in [0, 0.1) is 0 Å². The number of anilines is 1. The van der Waals surface area contributed by atoms with Crippen molar-refractivity contribution in [3.8, 4) is 5.75 Å². The highest BCUT2D eigenvalue weighted by Gasteiger charge is 2.26. The number of carbonyl (C=O) groups is 1. The third-order valence-electron chi connectivity index (χ3n) is 4.70. The first-order valence-electron chi connectivity index (χ1n) is 9.80. The van der Waals surface area contributed by atoms with Gasteiger partial charge in [-0.3, -0.25) is 0 Å². The second kappa shape index (κ2) is 9.76. The molecule has 0 aliphatic carbocycles. The lowest BCUT2D eigenvalue weighted by Gasteiger charge is -2.28. The van der Waals surface area contributed by atoms with Gasteiger partial charge in [-0.15, -0.1) is 0 Å². The summed E-state index contributed by atoms with van der Waals surface area (Å²) in [5.74, 6) is 0.917. The van der Waals surface area contributed by atoms with Crippen LogP contribution in [0.25, 0.3) is 0 Å². The van der Waals surface area contributed by atoms with Crippen molar-refractivity contribution in [2.24, 2.45) is 0 Å². The van der Waals surface area contributed by atoms with Crippen molar-refractivity contribution < 1.29 is 17.9 Å². The summed E-state index contributed by atoms with van der Waals surface area (Å²) in [6, 6.07) is 14.7. The highest BCUT2D eigenvalue weighted by atomic mass is 32.2. The van der Waals surface area contributed by atoms with Gasteiger partial charge in [-0.1, -0.05) is 31.2 Å². The molecule has 0 spiro atoms. The first-order chi connectivity index (χ1) is 14.0. The Labute approximate surface area is 172 Å². The van der Waals surface area contributed by atoms with Crippen LogP contribution in [-0.4, -0.2) is 44.2 Å². The van der Waals surface area contributed by atoms with Crippen LogP contribution in [0.5, 0.6) is 5.75 Å². The van der Waals surface area contributed by atoms with Crippen LogP contribution in [0.15, 0.2) is 48.5 Å². The van der Waals surface area contributed by atoms with Gasteiger partial charge in [-0.25, -0.2) is 13.2 Å². The van der Waals surface area contributed by atoms with Crippen molar-refractivity contribution in [3.63, 3.8) is 0 Å². The molecule has 0 saturated heterocycles. The maximum Gasteiger partial charge on any atom is 0.319 e. The van der Waals surface area contributed by atoms with Crippen LogP contribution >= 0.6 is 0 Å². The number of ether oxygens (including phenoxy) is 1. The third-order valence-corrected chi connectivity index (χ3v) is 6.72. The van der Waals surface area contributed by atoms with E-state index in [4.69, 9.17) is 4.74 Å². The van der Waals surface area contributed by atoms with Gasteiger partial charge >= 0.3 is 6.03 Å². The summed E-state index contributed by atoms with van der Waals surface area (Å²) in [7, 11) is -3.23. The van der Waals surface area contributed by atoms with Crippen LogP contribution in [0.4, 0.5) is 10.5 Å². The molecular formula is C21H27N3O4S. The summed E-state index contributed by atoms with van der Waals surface area (Å²) in [6.07, 6.45) is 1.28. The summed E-state index contributed by atoms with van der Waals surface area (Å²) in [6.45, 7) is 3.45. The molecule has 0 bridgehead atoms. The SMILES string of the molecule is CCCS(=O)(=O)N1CCc2ccc(NC(=O)NCCOc3ccccc3)cc2C1. The van der Waals surface area contributed by atoms with Gasteiger partial charge in [0.25, 0.3) is 0 Å². The van der Waals surface area contributed by atoms with Crippen molar-refractivity contribution in [2.45, 2.75) is 26.3 Å². The molecule has 2 aromatic rings. The number of nitrogens with one attached hydrogen (secondary N) is 2. The van der Waals surface area contributed by atoms with Crippen molar-refractivity contribution in [1.29, 1.82) is 0 Å². The van der Waals surface area contributed by atoms with Crippen molar-refractivity contribution in [1.82, 2.24) is 9.62 Å². The average molecular weight is 418 g/mol. The number of nitrogens with zero attached hydrogens (tertiary/aromatic N) is 1. The van der Waals surface area contributed by atoms with Gasteiger partial charge in [-0.2, -0.15) is 4.31 Å². The zero-order valence-electron chi connectivity index (χ0n) is 16.6. The topological polar surface area (TPSA) is 87.7 Å². The molecule has 0 fully saturated rings. The number of benzene rings is 2. The van der Waals surface area contributed by atoms with Gasteiger partial charge < -0.3 is 15.4 Å². The fourth-order valence-corrected chi connectivity index (χ4v) is 4.74. The first-order valence-corrected chi connectivity index (χ1v) is 11.4. The second-order valence-corrected chi connectivity index (χ2v) is 9.01. The third kappa shape index (κ3) is 5.95. The number of amides is 2. The first kappa shape index (κ1) is 21.1. The quantitative estimate of drug-likeness (QED) is 0.647. The van der Waals surface area contributed by atoms with Gasteiger partial charge in [0.2, 0.25) is 10.0 Å². The summed E-state index contributed by atoms with van der Waals surface area (Å²) in [4.78, 5) is 12.1. The Bertz CT molecular complexity index is 932.